The predicted octanol–water partition coefficient (Wildman–Crippen LogP) is 4.30. The van der Waals surface area contributed by atoms with E-state index in [0.717, 1.165) is 28.1 Å². The number of carbonyl (C=O) groups is 3. The Morgan fingerprint density at radius 2 is 1.86 bits per heavy atom. The molecule has 2 unspecified atom stereocenters. The van der Waals surface area contributed by atoms with Gasteiger partial charge in [-0.1, -0.05) is 58.9 Å². The molecule has 7 nitrogen and oxygen atoms in total. The maximum absolute atomic E-state index is 13.5. The molecule has 0 aliphatic carbocycles. The minimum atomic E-state index is -0.676. The molecule has 2 heterocycles. The van der Waals surface area contributed by atoms with E-state index < -0.39 is 17.5 Å². The molecule has 1 aromatic carbocycles. The molecule has 3 rings (SSSR count). The monoisotopic (exact) mass is 498 g/mol. The topological polar surface area (TPSA) is 91.4 Å². The number of nitrogens with one attached hydrogen (secondary N) is 2. The first-order valence-corrected chi connectivity index (χ1v) is 13.2. The lowest BCUT2D eigenvalue weighted by molar-refractivity contribution is -0.144. The van der Waals surface area contributed by atoms with Crippen LogP contribution in [-0.4, -0.2) is 46.2 Å². The Labute approximate surface area is 212 Å². The number of aromatic nitrogens is 1. The number of rotatable bonds is 8. The highest BCUT2D eigenvalue weighted by Crippen LogP contribution is 2.28. The first kappa shape index (κ1) is 26.9. The molecule has 0 bridgehead atoms. The van der Waals surface area contributed by atoms with Crippen LogP contribution in [0.25, 0.3) is 10.4 Å². The summed E-state index contributed by atoms with van der Waals surface area (Å²) in [6.07, 6.45) is 1.76. The number of hydrogen-bond acceptors (Lipinski definition) is 5. The van der Waals surface area contributed by atoms with E-state index in [4.69, 9.17) is 0 Å². The van der Waals surface area contributed by atoms with Gasteiger partial charge in [-0.25, -0.2) is 4.98 Å². The first-order chi connectivity index (χ1) is 16.5. The fraction of sp³-hybridized carbons (Fsp3) is 0.556. The van der Waals surface area contributed by atoms with Crippen LogP contribution in [-0.2, 0) is 20.9 Å². The van der Waals surface area contributed by atoms with Crippen molar-refractivity contribution in [3.63, 3.8) is 0 Å². The van der Waals surface area contributed by atoms with Gasteiger partial charge in [0, 0.05) is 19.5 Å². The number of aryl methyl sites for hydroxylation is 1. The molecule has 1 aliphatic heterocycles. The largest absolute Gasteiger partial charge is 0.350 e. The standard InChI is InChI=1S/C27H38N4O3S/c1-17(2)14-22(32)30-24(27(4,5)6)26(34)31-13-7-8-21(31)25(33)28-15-19-9-11-20(12-10-19)23-18(3)29-16-35-23/h9-12,16-17,21,24H,7-8,13-15H2,1-6H3,(H,28,33)(H,30,32). The summed E-state index contributed by atoms with van der Waals surface area (Å²) in [6.45, 7) is 12.7. The first-order valence-electron chi connectivity index (χ1n) is 12.3. The van der Waals surface area contributed by atoms with Crippen LogP contribution in [0.3, 0.4) is 0 Å². The summed E-state index contributed by atoms with van der Waals surface area (Å²) in [5.74, 6) is -0.266. The maximum atomic E-state index is 13.5. The molecule has 190 valence electrons. The van der Waals surface area contributed by atoms with Gasteiger partial charge >= 0.3 is 0 Å². The zero-order valence-electron chi connectivity index (χ0n) is 21.7. The van der Waals surface area contributed by atoms with Crippen molar-refractivity contribution in [2.24, 2.45) is 11.3 Å². The molecule has 1 fully saturated rings. The summed E-state index contributed by atoms with van der Waals surface area (Å²) in [5.41, 5.74) is 4.49. The third-order valence-corrected chi connectivity index (χ3v) is 7.26. The van der Waals surface area contributed by atoms with Gasteiger partial charge in [0.1, 0.15) is 12.1 Å². The molecule has 1 saturated heterocycles. The molecule has 0 spiro atoms. The molecule has 1 aromatic heterocycles. The van der Waals surface area contributed by atoms with Gasteiger partial charge in [-0.05, 0) is 42.2 Å². The molecule has 2 atom stereocenters. The molecule has 1 aliphatic rings. The Morgan fingerprint density at radius 3 is 2.43 bits per heavy atom. The predicted molar refractivity (Wildman–Crippen MR) is 140 cm³/mol. The molecule has 0 saturated carbocycles. The lowest BCUT2D eigenvalue weighted by Gasteiger charge is -2.35. The van der Waals surface area contributed by atoms with Gasteiger partial charge < -0.3 is 15.5 Å². The third-order valence-electron chi connectivity index (χ3n) is 6.28. The molecular weight excluding hydrogens is 460 g/mol. The van der Waals surface area contributed by atoms with Crippen LogP contribution in [0, 0.1) is 18.3 Å². The van der Waals surface area contributed by atoms with Crippen molar-refractivity contribution in [1.82, 2.24) is 20.5 Å². The van der Waals surface area contributed by atoms with Crippen LogP contribution in [0.1, 0.15) is 65.1 Å². The summed E-state index contributed by atoms with van der Waals surface area (Å²) < 4.78 is 0. The van der Waals surface area contributed by atoms with Gasteiger partial charge in [0.05, 0.1) is 16.1 Å². The number of nitrogens with zero attached hydrogens (tertiary/aromatic N) is 2. The van der Waals surface area contributed by atoms with Gasteiger partial charge in [0.2, 0.25) is 17.7 Å². The van der Waals surface area contributed by atoms with Crippen LogP contribution < -0.4 is 10.6 Å². The molecular formula is C27H38N4O3S. The second-order valence-corrected chi connectivity index (χ2v) is 11.7. The molecule has 8 heteroatoms. The van der Waals surface area contributed by atoms with Crippen LogP contribution in [0.2, 0.25) is 0 Å². The zero-order chi connectivity index (χ0) is 25.8. The van der Waals surface area contributed by atoms with Crippen molar-refractivity contribution < 1.29 is 14.4 Å². The second kappa shape index (κ2) is 11.3. The summed E-state index contributed by atoms with van der Waals surface area (Å²) in [6, 6.07) is 6.90. The van der Waals surface area contributed by atoms with E-state index in [1.165, 1.54) is 0 Å². The average Bonchev–Trinajstić information content (AvgIpc) is 3.44. The van der Waals surface area contributed by atoms with Crippen molar-refractivity contribution in [1.29, 1.82) is 0 Å². The number of hydrogen-bond donors (Lipinski definition) is 2. The smallest absolute Gasteiger partial charge is 0.246 e. The van der Waals surface area contributed by atoms with Crippen molar-refractivity contribution in [3.8, 4) is 10.4 Å². The number of carbonyl (C=O) groups excluding carboxylic acids is 3. The highest BCUT2D eigenvalue weighted by Gasteiger charge is 2.41. The molecule has 2 aromatic rings. The normalized spacial score (nSPS) is 16.9. The zero-order valence-corrected chi connectivity index (χ0v) is 22.5. The highest BCUT2D eigenvalue weighted by molar-refractivity contribution is 7.13. The van der Waals surface area contributed by atoms with Gasteiger partial charge in [-0.3, -0.25) is 14.4 Å². The number of amides is 3. The van der Waals surface area contributed by atoms with E-state index in [9.17, 15) is 14.4 Å². The van der Waals surface area contributed by atoms with Crippen LogP contribution >= 0.6 is 11.3 Å². The van der Waals surface area contributed by atoms with E-state index in [2.05, 4.69) is 15.6 Å². The Hall–Kier alpha value is -2.74. The summed E-state index contributed by atoms with van der Waals surface area (Å²) in [5, 5.41) is 5.94. The Kier molecular flexibility index (Phi) is 8.70. The van der Waals surface area contributed by atoms with Crippen molar-refractivity contribution in [2.45, 2.75) is 79.4 Å². The van der Waals surface area contributed by atoms with Gasteiger partial charge in [-0.15, -0.1) is 11.3 Å². The third kappa shape index (κ3) is 6.90. The Bertz CT molecular complexity index is 1040. The molecule has 3 amide bonds. The Morgan fingerprint density at radius 1 is 1.17 bits per heavy atom. The Balaban J connectivity index is 1.63. The number of thiazole rings is 1. The lowest BCUT2D eigenvalue weighted by atomic mass is 9.85. The molecule has 35 heavy (non-hydrogen) atoms. The van der Waals surface area contributed by atoms with Crippen LogP contribution in [0.5, 0.6) is 0 Å². The minimum Gasteiger partial charge on any atom is -0.350 e. The summed E-state index contributed by atoms with van der Waals surface area (Å²) >= 11 is 1.61. The molecule has 0 radical (unpaired) electrons. The van der Waals surface area contributed by atoms with Crippen molar-refractivity contribution >= 4 is 29.1 Å². The lowest BCUT2D eigenvalue weighted by Crippen LogP contribution is -2.57. The maximum Gasteiger partial charge on any atom is 0.246 e. The molecule has 2 N–H and O–H groups in total. The second-order valence-electron chi connectivity index (χ2n) is 10.8. The van der Waals surface area contributed by atoms with Crippen molar-refractivity contribution in [2.75, 3.05) is 6.54 Å². The van der Waals surface area contributed by atoms with Gasteiger partial charge in [0.15, 0.2) is 0 Å². The fourth-order valence-corrected chi connectivity index (χ4v) is 5.18. The van der Waals surface area contributed by atoms with Crippen LogP contribution in [0.15, 0.2) is 29.8 Å². The van der Waals surface area contributed by atoms with E-state index in [1.807, 2.05) is 71.3 Å². The van der Waals surface area contributed by atoms with Crippen LogP contribution in [0.4, 0.5) is 0 Å². The van der Waals surface area contributed by atoms with E-state index >= 15 is 0 Å². The van der Waals surface area contributed by atoms with E-state index in [-0.39, 0.29) is 23.6 Å². The number of benzene rings is 1. The fourth-order valence-electron chi connectivity index (χ4n) is 4.37. The number of likely N-dealkylation sites (tertiary alicyclic amines) is 1. The van der Waals surface area contributed by atoms with E-state index in [1.54, 1.807) is 16.2 Å². The summed E-state index contributed by atoms with van der Waals surface area (Å²) in [4.78, 5) is 46.1. The van der Waals surface area contributed by atoms with Gasteiger partial charge in [0.25, 0.3) is 0 Å². The van der Waals surface area contributed by atoms with Crippen molar-refractivity contribution in [3.05, 3.63) is 41.0 Å². The minimum absolute atomic E-state index is 0.134. The SMILES string of the molecule is Cc1ncsc1-c1ccc(CNC(=O)C2CCCN2C(=O)C(NC(=O)CC(C)C)C(C)(C)C)cc1. The van der Waals surface area contributed by atoms with E-state index in [0.29, 0.717) is 25.9 Å². The quantitative estimate of drug-likeness (QED) is 0.568. The van der Waals surface area contributed by atoms with Gasteiger partial charge in [-0.2, -0.15) is 0 Å². The summed E-state index contributed by atoms with van der Waals surface area (Å²) in [7, 11) is 0. The highest BCUT2D eigenvalue weighted by atomic mass is 32.1. The average molecular weight is 499 g/mol.